The van der Waals surface area contributed by atoms with Crippen LogP contribution in [0.4, 0.5) is 0 Å². The molecule has 10 nitrogen and oxygen atoms in total. The zero-order chi connectivity index (χ0) is 22.1. The molecule has 29 heavy (non-hydrogen) atoms. The van der Waals surface area contributed by atoms with Gasteiger partial charge < -0.3 is 10.6 Å². The van der Waals surface area contributed by atoms with Crippen LogP contribution in [-0.2, 0) is 19.2 Å². The number of nitrogens with one attached hydrogen (secondary N) is 4. The molecule has 164 valence electrons. The molecule has 0 aliphatic rings. The van der Waals surface area contributed by atoms with Crippen LogP contribution in [-0.4, -0.2) is 48.1 Å². The number of hydrogen-bond donors (Lipinski definition) is 4. The molecule has 0 aromatic carbocycles. The van der Waals surface area contributed by atoms with Gasteiger partial charge in [0, 0.05) is 26.7 Å². The third-order valence-electron chi connectivity index (χ3n) is 3.74. The Morgan fingerprint density at radius 2 is 0.931 bits per heavy atom. The van der Waals surface area contributed by atoms with Crippen LogP contribution in [0, 0.1) is 0 Å². The maximum absolute atomic E-state index is 11.7. The van der Waals surface area contributed by atoms with Gasteiger partial charge in [0.25, 0.3) is 0 Å². The summed E-state index contributed by atoms with van der Waals surface area (Å²) in [4.78, 5) is 44.9. The molecule has 0 aliphatic carbocycles. The van der Waals surface area contributed by atoms with E-state index in [1.807, 2.05) is 0 Å². The van der Waals surface area contributed by atoms with Crippen LogP contribution in [0.1, 0.15) is 72.6 Å². The SMILES string of the molecule is CC(=O)NC/C(C)=N/NC(=O)CCCCCCCC(=O)N/N=C(\C)CNC(C)=O. The zero-order valence-electron chi connectivity index (χ0n) is 17.9. The number of nitrogens with zero attached hydrogens (tertiary/aromatic N) is 2. The van der Waals surface area contributed by atoms with Crippen molar-refractivity contribution in [3.8, 4) is 0 Å². The first-order valence-electron chi connectivity index (χ1n) is 9.83. The second-order valence-electron chi connectivity index (χ2n) is 6.85. The maximum atomic E-state index is 11.7. The third kappa shape index (κ3) is 18.4. The summed E-state index contributed by atoms with van der Waals surface area (Å²) in [6.07, 6.45) is 5.03. The monoisotopic (exact) mass is 410 g/mol. The first kappa shape index (κ1) is 26.2. The van der Waals surface area contributed by atoms with Gasteiger partial charge in [0.1, 0.15) is 0 Å². The van der Waals surface area contributed by atoms with E-state index in [9.17, 15) is 19.2 Å². The molecule has 4 N–H and O–H groups in total. The molecule has 0 saturated carbocycles. The summed E-state index contributed by atoms with van der Waals surface area (Å²) in [5.74, 6) is -0.598. The molecule has 0 heterocycles. The second kappa shape index (κ2) is 16.2. The normalized spacial score (nSPS) is 11.6. The van der Waals surface area contributed by atoms with Gasteiger partial charge in [0.05, 0.1) is 24.5 Å². The minimum Gasteiger partial charge on any atom is -0.351 e. The molecule has 0 bridgehead atoms. The Bertz CT molecular complexity index is 564. The topological polar surface area (TPSA) is 141 Å². The van der Waals surface area contributed by atoms with Crippen LogP contribution in [0.5, 0.6) is 0 Å². The number of unbranched alkanes of at least 4 members (excludes halogenated alkanes) is 4. The summed E-state index contributed by atoms with van der Waals surface area (Å²) in [5, 5.41) is 13.0. The standard InChI is InChI=1S/C19H34N6O4/c1-14(12-20-16(3)26)22-24-18(28)10-8-6-5-7-9-11-19(29)25-23-15(2)13-21-17(4)27/h5-13H2,1-4H3,(H,20,26)(H,21,27)(H,24,28)(H,25,29)/b22-14+,23-15+. The smallest absolute Gasteiger partial charge is 0.240 e. The summed E-state index contributed by atoms with van der Waals surface area (Å²) in [7, 11) is 0. The summed E-state index contributed by atoms with van der Waals surface area (Å²) >= 11 is 0. The van der Waals surface area contributed by atoms with Crippen molar-refractivity contribution in [2.24, 2.45) is 10.2 Å². The maximum Gasteiger partial charge on any atom is 0.240 e. The number of carbonyl (C=O) groups is 4. The van der Waals surface area contributed by atoms with Crippen molar-refractivity contribution in [2.75, 3.05) is 13.1 Å². The molecular weight excluding hydrogens is 376 g/mol. The van der Waals surface area contributed by atoms with E-state index in [2.05, 4.69) is 31.7 Å². The molecule has 0 rings (SSSR count). The lowest BCUT2D eigenvalue weighted by Gasteiger charge is -2.04. The Morgan fingerprint density at radius 1 is 0.586 bits per heavy atom. The van der Waals surface area contributed by atoms with Crippen molar-refractivity contribution in [1.82, 2.24) is 21.5 Å². The molecular formula is C19H34N6O4. The number of hydrazone groups is 2. The van der Waals surface area contributed by atoms with Crippen molar-refractivity contribution in [2.45, 2.75) is 72.6 Å². The Hall–Kier alpha value is -2.78. The summed E-state index contributed by atoms with van der Waals surface area (Å²) in [6.45, 7) is 6.91. The molecule has 0 radical (unpaired) electrons. The van der Waals surface area contributed by atoms with Crippen molar-refractivity contribution >= 4 is 35.1 Å². The van der Waals surface area contributed by atoms with Crippen LogP contribution in [0.3, 0.4) is 0 Å². The predicted octanol–water partition coefficient (Wildman–Crippen LogP) is 0.974. The average molecular weight is 411 g/mol. The Labute approximate surface area is 172 Å². The molecule has 0 saturated heterocycles. The van der Waals surface area contributed by atoms with Crippen molar-refractivity contribution in [3.05, 3.63) is 0 Å². The third-order valence-corrected chi connectivity index (χ3v) is 3.74. The van der Waals surface area contributed by atoms with Crippen LogP contribution >= 0.6 is 0 Å². The van der Waals surface area contributed by atoms with Crippen molar-refractivity contribution in [1.29, 1.82) is 0 Å². The number of carbonyl (C=O) groups excluding carboxylic acids is 4. The van der Waals surface area contributed by atoms with Gasteiger partial charge in [-0.15, -0.1) is 0 Å². The first-order valence-corrected chi connectivity index (χ1v) is 9.83. The molecule has 0 aromatic rings. The number of hydrogen-bond acceptors (Lipinski definition) is 6. The molecule has 0 atom stereocenters. The molecule has 4 amide bonds. The summed E-state index contributed by atoms with van der Waals surface area (Å²) < 4.78 is 0. The van der Waals surface area contributed by atoms with E-state index in [0.29, 0.717) is 37.4 Å². The van der Waals surface area contributed by atoms with Gasteiger partial charge in [-0.05, 0) is 26.7 Å². The van der Waals surface area contributed by atoms with Crippen LogP contribution in [0.15, 0.2) is 10.2 Å². The highest BCUT2D eigenvalue weighted by molar-refractivity contribution is 5.89. The molecule has 0 aliphatic heterocycles. The highest BCUT2D eigenvalue weighted by Crippen LogP contribution is 2.07. The lowest BCUT2D eigenvalue weighted by atomic mass is 10.1. The van der Waals surface area contributed by atoms with Crippen molar-refractivity contribution < 1.29 is 19.2 Å². The lowest BCUT2D eigenvalue weighted by molar-refractivity contribution is -0.121. The second-order valence-corrected chi connectivity index (χ2v) is 6.85. The van der Waals surface area contributed by atoms with E-state index in [1.54, 1.807) is 13.8 Å². The molecule has 10 heteroatoms. The van der Waals surface area contributed by atoms with Gasteiger partial charge >= 0.3 is 0 Å². The fourth-order valence-electron chi connectivity index (χ4n) is 2.11. The van der Waals surface area contributed by atoms with Gasteiger partial charge in [-0.25, -0.2) is 10.9 Å². The minimum atomic E-state index is -0.154. The molecule has 0 aromatic heterocycles. The van der Waals surface area contributed by atoms with Gasteiger partial charge in [0.15, 0.2) is 0 Å². The van der Waals surface area contributed by atoms with Crippen LogP contribution in [0.2, 0.25) is 0 Å². The van der Waals surface area contributed by atoms with Crippen LogP contribution < -0.4 is 21.5 Å². The Morgan fingerprint density at radius 3 is 1.28 bits per heavy atom. The van der Waals surface area contributed by atoms with E-state index in [-0.39, 0.29) is 23.6 Å². The largest absolute Gasteiger partial charge is 0.351 e. The predicted molar refractivity (Wildman–Crippen MR) is 112 cm³/mol. The highest BCUT2D eigenvalue weighted by Gasteiger charge is 2.03. The summed E-state index contributed by atoms with van der Waals surface area (Å²) in [6, 6.07) is 0. The number of rotatable bonds is 14. The van der Waals surface area contributed by atoms with E-state index in [4.69, 9.17) is 0 Å². The van der Waals surface area contributed by atoms with E-state index in [0.717, 1.165) is 32.1 Å². The number of amides is 4. The average Bonchev–Trinajstić information content (AvgIpc) is 2.66. The quantitative estimate of drug-likeness (QED) is 0.192. The molecule has 0 unspecified atom stereocenters. The lowest BCUT2D eigenvalue weighted by Crippen LogP contribution is -2.28. The van der Waals surface area contributed by atoms with Gasteiger partial charge in [-0.3, -0.25) is 19.2 Å². The summed E-state index contributed by atoms with van der Waals surface area (Å²) in [5.41, 5.74) is 6.19. The zero-order valence-corrected chi connectivity index (χ0v) is 17.9. The van der Waals surface area contributed by atoms with Gasteiger partial charge in [-0.2, -0.15) is 10.2 Å². The van der Waals surface area contributed by atoms with Gasteiger partial charge in [-0.1, -0.05) is 19.3 Å². The Balaban J connectivity index is 3.69. The van der Waals surface area contributed by atoms with E-state index < -0.39 is 0 Å². The van der Waals surface area contributed by atoms with E-state index >= 15 is 0 Å². The fourth-order valence-corrected chi connectivity index (χ4v) is 2.11. The first-order chi connectivity index (χ1) is 13.7. The molecule has 0 spiro atoms. The Kier molecular flexibility index (Phi) is 14.6. The van der Waals surface area contributed by atoms with E-state index in [1.165, 1.54) is 13.8 Å². The van der Waals surface area contributed by atoms with Crippen LogP contribution in [0.25, 0.3) is 0 Å². The minimum absolute atomic E-state index is 0.145. The van der Waals surface area contributed by atoms with Gasteiger partial charge in [0.2, 0.25) is 23.6 Å². The fraction of sp³-hybridized carbons (Fsp3) is 0.684. The highest BCUT2D eigenvalue weighted by atomic mass is 16.2. The molecule has 0 fully saturated rings. The van der Waals surface area contributed by atoms with Crippen molar-refractivity contribution in [3.63, 3.8) is 0 Å².